The van der Waals surface area contributed by atoms with Gasteiger partial charge in [-0.3, -0.25) is 4.79 Å². The Morgan fingerprint density at radius 1 is 0.765 bits per heavy atom. The minimum absolute atomic E-state index is 0.143. The smallest absolute Gasteiger partial charge is 0.308 e. The minimum atomic E-state index is -0.448. The van der Waals surface area contributed by atoms with Crippen LogP contribution < -0.4 is 28.4 Å². The average Bonchev–Trinajstić information content (AvgIpc) is 2.82. The number of hydrogen-bond acceptors (Lipinski definition) is 8. The van der Waals surface area contributed by atoms with Crippen LogP contribution in [0.15, 0.2) is 12.1 Å². The van der Waals surface area contributed by atoms with Crippen molar-refractivity contribution in [2.75, 3.05) is 42.7 Å². The van der Waals surface area contributed by atoms with Crippen LogP contribution in [0.5, 0.6) is 34.5 Å². The number of benzene rings is 2. The fourth-order valence-electron chi connectivity index (χ4n) is 4.83. The fourth-order valence-corrected chi connectivity index (χ4v) is 4.83. The van der Waals surface area contributed by atoms with Crippen LogP contribution in [0, 0.1) is 11.8 Å². The van der Waals surface area contributed by atoms with Crippen molar-refractivity contribution in [3.05, 3.63) is 23.3 Å². The van der Waals surface area contributed by atoms with Crippen molar-refractivity contribution in [2.24, 2.45) is 11.8 Å². The van der Waals surface area contributed by atoms with Gasteiger partial charge in [-0.15, -0.1) is 0 Å². The monoisotopic (exact) mass is 474 g/mol. The van der Waals surface area contributed by atoms with E-state index in [0.717, 1.165) is 22.3 Å². The van der Waals surface area contributed by atoms with E-state index in [1.54, 1.807) is 35.5 Å². The number of carbonyl (C=O) groups is 1. The lowest BCUT2D eigenvalue weighted by molar-refractivity contribution is -0.132. The van der Waals surface area contributed by atoms with Gasteiger partial charge in [0.15, 0.2) is 23.0 Å². The molecule has 0 heterocycles. The van der Waals surface area contributed by atoms with Crippen LogP contribution >= 0.6 is 0 Å². The number of hydrogen-bond donors (Lipinski definition) is 0. The predicted molar refractivity (Wildman–Crippen MR) is 128 cm³/mol. The summed E-state index contributed by atoms with van der Waals surface area (Å²) >= 11 is 0. The second-order valence-electron chi connectivity index (χ2n) is 8.38. The maximum absolute atomic E-state index is 11.8. The van der Waals surface area contributed by atoms with E-state index < -0.39 is 5.97 Å². The first-order valence-electron chi connectivity index (χ1n) is 11.1. The van der Waals surface area contributed by atoms with E-state index in [4.69, 9.17) is 33.2 Å². The first-order valence-corrected chi connectivity index (χ1v) is 11.1. The van der Waals surface area contributed by atoms with Gasteiger partial charge in [-0.1, -0.05) is 13.8 Å². The van der Waals surface area contributed by atoms with Crippen LogP contribution in [0.4, 0.5) is 0 Å². The molecule has 0 saturated carbocycles. The van der Waals surface area contributed by atoms with Crippen molar-refractivity contribution in [3.63, 3.8) is 0 Å². The molecule has 0 fully saturated rings. The SMILES string of the molecule is COc1cc2c(c(OC)c1OC)-c1c(cc(OC(C)=O)c(OC)c1OC)C[C@H](C)[C@H](C)[C@H]2OC. The molecule has 0 radical (unpaired) electrons. The highest BCUT2D eigenvalue weighted by molar-refractivity contribution is 5.89. The molecule has 3 rings (SSSR count). The van der Waals surface area contributed by atoms with Gasteiger partial charge < -0.3 is 33.2 Å². The molecule has 8 heteroatoms. The quantitative estimate of drug-likeness (QED) is 0.417. The number of carbonyl (C=O) groups excluding carboxylic acids is 1. The summed E-state index contributed by atoms with van der Waals surface area (Å²) in [4.78, 5) is 11.8. The minimum Gasteiger partial charge on any atom is -0.493 e. The van der Waals surface area contributed by atoms with Crippen molar-refractivity contribution < 1.29 is 38.0 Å². The number of esters is 1. The van der Waals surface area contributed by atoms with Crippen LogP contribution in [0.3, 0.4) is 0 Å². The molecule has 0 aliphatic heterocycles. The molecule has 0 saturated heterocycles. The van der Waals surface area contributed by atoms with Gasteiger partial charge in [0.05, 0.1) is 41.7 Å². The Balaban J connectivity index is 2.57. The Kier molecular flexibility index (Phi) is 7.82. The average molecular weight is 475 g/mol. The number of methoxy groups -OCH3 is 6. The van der Waals surface area contributed by atoms with Crippen molar-refractivity contribution in [2.45, 2.75) is 33.3 Å². The molecule has 0 N–H and O–H groups in total. The van der Waals surface area contributed by atoms with Gasteiger partial charge in [0, 0.05) is 25.2 Å². The molecule has 3 atom stereocenters. The molecule has 0 unspecified atom stereocenters. The summed E-state index contributed by atoms with van der Waals surface area (Å²) in [5, 5.41) is 0. The van der Waals surface area contributed by atoms with E-state index in [-0.39, 0.29) is 17.9 Å². The van der Waals surface area contributed by atoms with Crippen LogP contribution in [0.1, 0.15) is 38.0 Å². The molecule has 1 aliphatic carbocycles. The van der Waals surface area contributed by atoms with Gasteiger partial charge in [-0.25, -0.2) is 0 Å². The normalized spacial score (nSPS) is 19.1. The zero-order valence-corrected chi connectivity index (χ0v) is 21.4. The maximum Gasteiger partial charge on any atom is 0.308 e. The molecular formula is C26H34O8. The van der Waals surface area contributed by atoms with Gasteiger partial charge in [0.25, 0.3) is 0 Å². The zero-order chi connectivity index (χ0) is 25.2. The Hall–Kier alpha value is -3.13. The molecule has 0 aromatic heterocycles. The molecule has 2 aromatic carbocycles. The zero-order valence-electron chi connectivity index (χ0n) is 21.4. The molecule has 0 bridgehead atoms. The molecule has 1 aliphatic rings. The van der Waals surface area contributed by atoms with Crippen LogP contribution in [0.2, 0.25) is 0 Å². The third-order valence-electron chi connectivity index (χ3n) is 6.53. The van der Waals surface area contributed by atoms with E-state index in [9.17, 15) is 4.79 Å². The Morgan fingerprint density at radius 3 is 1.82 bits per heavy atom. The fraction of sp³-hybridized carbons (Fsp3) is 0.500. The van der Waals surface area contributed by atoms with E-state index in [1.165, 1.54) is 14.0 Å². The Labute approximate surface area is 201 Å². The number of fused-ring (bicyclic) bond motifs is 3. The van der Waals surface area contributed by atoms with Crippen LogP contribution in [-0.4, -0.2) is 48.6 Å². The highest BCUT2D eigenvalue weighted by Gasteiger charge is 2.37. The van der Waals surface area contributed by atoms with Crippen molar-refractivity contribution in [3.8, 4) is 45.6 Å². The third-order valence-corrected chi connectivity index (χ3v) is 6.53. The largest absolute Gasteiger partial charge is 0.493 e. The Bertz CT molecular complexity index is 1060. The second-order valence-corrected chi connectivity index (χ2v) is 8.38. The van der Waals surface area contributed by atoms with Gasteiger partial charge in [-0.2, -0.15) is 0 Å². The lowest BCUT2D eigenvalue weighted by Crippen LogP contribution is -2.24. The lowest BCUT2D eigenvalue weighted by Gasteiger charge is -2.35. The molecule has 0 amide bonds. The van der Waals surface area contributed by atoms with Crippen molar-refractivity contribution in [1.29, 1.82) is 0 Å². The first-order chi connectivity index (χ1) is 16.3. The summed E-state index contributed by atoms with van der Waals surface area (Å²) in [6.07, 6.45) is 0.428. The van der Waals surface area contributed by atoms with Crippen LogP contribution in [-0.2, 0) is 16.0 Å². The summed E-state index contributed by atoms with van der Waals surface area (Å²) < 4.78 is 40.4. The molecule has 0 spiro atoms. The molecular weight excluding hydrogens is 440 g/mol. The van der Waals surface area contributed by atoms with Gasteiger partial charge >= 0.3 is 5.97 Å². The van der Waals surface area contributed by atoms with E-state index in [2.05, 4.69) is 13.8 Å². The summed E-state index contributed by atoms with van der Waals surface area (Å²) in [7, 11) is 9.50. The van der Waals surface area contributed by atoms with Crippen LogP contribution in [0.25, 0.3) is 11.1 Å². The number of rotatable bonds is 7. The van der Waals surface area contributed by atoms with Gasteiger partial charge in [0.2, 0.25) is 11.5 Å². The maximum atomic E-state index is 11.8. The van der Waals surface area contributed by atoms with E-state index in [1.807, 2.05) is 12.1 Å². The summed E-state index contributed by atoms with van der Waals surface area (Å²) in [5.74, 6) is 2.44. The highest BCUT2D eigenvalue weighted by Crippen LogP contribution is 2.57. The van der Waals surface area contributed by atoms with Gasteiger partial charge in [0.1, 0.15) is 0 Å². The topological polar surface area (TPSA) is 81.7 Å². The molecule has 2 aromatic rings. The van der Waals surface area contributed by atoms with Gasteiger partial charge in [-0.05, 0) is 41.5 Å². The standard InChI is InChI=1S/C26H34O8/c1-13-10-16-11-19(34-15(3)27)24(31-7)25(32-8)20(16)21-17(22(29-5)14(13)2)12-18(28-4)23(30-6)26(21)33-9/h11-14,22H,10H2,1-9H3/t13-,14-,22+/m0/s1. The lowest BCUT2D eigenvalue weighted by atomic mass is 9.76. The first kappa shape index (κ1) is 25.5. The predicted octanol–water partition coefficient (Wildman–Crippen LogP) is 4.84. The molecule has 186 valence electrons. The molecule has 34 heavy (non-hydrogen) atoms. The third kappa shape index (κ3) is 4.22. The van der Waals surface area contributed by atoms with E-state index in [0.29, 0.717) is 40.9 Å². The summed E-state index contributed by atoms with van der Waals surface area (Å²) in [6, 6.07) is 3.77. The Morgan fingerprint density at radius 2 is 1.32 bits per heavy atom. The van der Waals surface area contributed by atoms with Crippen molar-refractivity contribution >= 4 is 5.97 Å². The summed E-state index contributed by atoms with van der Waals surface area (Å²) in [6.45, 7) is 5.68. The highest BCUT2D eigenvalue weighted by atomic mass is 16.6. The molecule has 8 nitrogen and oxygen atoms in total. The van der Waals surface area contributed by atoms with Crippen molar-refractivity contribution in [1.82, 2.24) is 0 Å². The summed E-state index contributed by atoms with van der Waals surface area (Å²) in [5.41, 5.74) is 3.32. The second kappa shape index (κ2) is 10.4. The van der Waals surface area contributed by atoms with E-state index >= 15 is 0 Å². The number of ether oxygens (including phenoxy) is 7.